The minimum absolute atomic E-state index is 0.427. The van der Waals surface area contributed by atoms with Crippen molar-refractivity contribution >= 4 is 55.5 Å². The molecule has 0 aliphatic carbocycles. The van der Waals surface area contributed by atoms with E-state index in [1.165, 1.54) is 11.1 Å². The summed E-state index contributed by atoms with van der Waals surface area (Å²) >= 11 is 12.0. The molecule has 0 spiro atoms. The molecule has 2 aromatic carbocycles. The SMILES string of the molecule is Cc1cc(CCC[Si](C)(C)Cl)cc(C)c1O.Cc1cc(CCC[Si](C)(C)Cl)cc(C)c1O.[Cl][Ti][Cl]. The van der Waals surface area contributed by atoms with Crippen LogP contribution in [0.3, 0.4) is 0 Å². The third-order valence-electron chi connectivity index (χ3n) is 5.58. The van der Waals surface area contributed by atoms with E-state index in [0.717, 1.165) is 60.0 Å². The molecule has 2 aromatic rings. The molecule has 198 valence electrons. The number of hydrogen-bond donors (Lipinski definition) is 2. The van der Waals surface area contributed by atoms with Crippen molar-refractivity contribution in [3.05, 3.63) is 57.6 Å². The van der Waals surface area contributed by atoms with Crippen molar-refractivity contribution in [1.82, 2.24) is 0 Å². The van der Waals surface area contributed by atoms with Crippen LogP contribution in [0.2, 0.25) is 38.3 Å². The van der Waals surface area contributed by atoms with E-state index < -0.39 is 31.8 Å². The quantitative estimate of drug-likeness (QED) is 0.225. The van der Waals surface area contributed by atoms with Gasteiger partial charge in [0.25, 0.3) is 0 Å². The van der Waals surface area contributed by atoms with Gasteiger partial charge in [-0.25, -0.2) is 0 Å². The van der Waals surface area contributed by atoms with E-state index in [0.29, 0.717) is 11.5 Å². The second kappa shape index (κ2) is 17.0. The fraction of sp³-hybridized carbons (Fsp3) is 0.538. The molecule has 0 amide bonds. The predicted octanol–water partition coefficient (Wildman–Crippen LogP) is 10.1. The summed E-state index contributed by atoms with van der Waals surface area (Å²) in [4.78, 5) is 0. The van der Waals surface area contributed by atoms with Crippen LogP contribution in [0.5, 0.6) is 11.5 Å². The molecule has 0 aliphatic rings. The zero-order valence-electron chi connectivity index (χ0n) is 22.5. The molecule has 0 saturated carbocycles. The van der Waals surface area contributed by atoms with E-state index in [2.05, 4.69) is 50.5 Å². The van der Waals surface area contributed by atoms with Crippen molar-refractivity contribution in [2.24, 2.45) is 0 Å². The molecular formula is C26H42Cl4O2Si2Ti. The van der Waals surface area contributed by atoms with Gasteiger partial charge < -0.3 is 10.2 Å². The van der Waals surface area contributed by atoms with Gasteiger partial charge >= 0.3 is 35.6 Å². The summed E-state index contributed by atoms with van der Waals surface area (Å²) < 4.78 is 0. The van der Waals surface area contributed by atoms with Gasteiger partial charge in [0.15, 0.2) is 14.8 Å². The Hall–Kier alpha value is 0.348. The first-order valence-electron chi connectivity index (χ1n) is 11.9. The number of rotatable bonds is 8. The van der Waals surface area contributed by atoms with Gasteiger partial charge in [-0.2, -0.15) is 22.2 Å². The van der Waals surface area contributed by atoms with Gasteiger partial charge in [-0.15, -0.1) is 0 Å². The van der Waals surface area contributed by atoms with Crippen molar-refractivity contribution in [2.75, 3.05) is 0 Å². The van der Waals surface area contributed by atoms with Gasteiger partial charge in [-0.05, 0) is 86.0 Å². The fourth-order valence-electron chi connectivity index (χ4n) is 3.81. The van der Waals surface area contributed by atoms with E-state index in [1.807, 2.05) is 27.7 Å². The monoisotopic (exact) mass is 630 g/mol. The summed E-state index contributed by atoms with van der Waals surface area (Å²) in [7, 11) is 6.93. The molecule has 0 aromatic heterocycles. The summed E-state index contributed by atoms with van der Waals surface area (Å²) in [6.45, 7) is 16.5. The zero-order valence-corrected chi connectivity index (χ0v) is 29.0. The third-order valence-corrected chi connectivity index (χ3v) is 9.79. The van der Waals surface area contributed by atoms with Gasteiger partial charge in [-0.1, -0.05) is 63.3 Å². The van der Waals surface area contributed by atoms with E-state index in [4.69, 9.17) is 40.8 Å². The van der Waals surface area contributed by atoms with Crippen molar-refractivity contribution in [2.45, 2.75) is 91.7 Å². The number of phenolic OH excluding ortho intramolecular Hbond substituents is 2. The molecule has 2 nitrogen and oxygen atoms in total. The Morgan fingerprint density at radius 2 is 0.857 bits per heavy atom. The summed E-state index contributed by atoms with van der Waals surface area (Å²) in [6, 6.07) is 10.6. The van der Waals surface area contributed by atoms with Gasteiger partial charge in [0, 0.05) is 0 Å². The molecule has 0 atom stereocenters. The van der Waals surface area contributed by atoms with E-state index in [1.54, 1.807) is 0 Å². The molecule has 35 heavy (non-hydrogen) atoms. The van der Waals surface area contributed by atoms with Gasteiger partial charge in [0.05, 0.1) is 0 Å². The molecule has 0 saturated heterocycles. The minimum atomic E-state index is -1.43. The molecule has 0 radical (unpaired) electrons. The van der Waals surface area contributed by atoms with Crippen LogP contribution in [-0.2, 0) is 29.9 Å². The number of halogens is 4. The number of aromatic hydroxyl groups is 2. The Morgan fingerprint density at radius 1 is 0.629 bits per heavy atom. The first-order chi connectivity index (χ1) is 16.0. The number of benzene rings is 2. The van der Waals surface area contributed by atoms with Gasteiger partial charge in [0.1, 0.15) is 11.5 Å². The maximum absolute atomic E-state index is 9.67. The Bertz CT molecular complexity index is 794. The maximum atomic E-state index is 9.67. The average Bonchev–Trinajstić information content (AvgIpc) is 2.69. The van der Waals surface area contributed by atoms with Crippen molar-refractivity contribution in [1.29, 1.82) is 0 Å². The summed E-state index contributed by atoms with van der Waals surface area (Å²) in [5.41, 5.74) is 6.50. The first kappa shape index (κ1) is 35.3. The Labute approximate surface area is 241 Å². The molecule has 0 heterocycles. The molecule has 9 heteroatoms. The van der Waals surface area contributed by atoms with Gasteiger partial charge in [-0.3, -0.25) is 0 Å². The van der Waals surface area contributed by atoms with Crippen molar-refractivity contribution in [3.8, 4) is 11.5 Å². The fourth-order valence-corrected chi connectivity index (χ4v) is 6.64. The van der Waals surface area contributed by atoms with Crippen molar-refractivity contribution < 1.29 is 27.2 Å². The van der Waals surface area contributed by atoms with Crippen LogP contribution < -0.4 is 0 Å². The topological polar surface area (TPSA) is 40.5 Å². The number of hydrogen-bond acceptors (Lipinski definition) is 2. The molecular weight excluding hydrogens is 590 g/mol. The molecule has 0 fully saturated rings. The molecule has 2 rings (SSSR count). The zero-order chi connectivity index (χ0) is 27.4. The van der Waals surface area contributed by atoms with Crippen LogP contribution in [0.1, 0.15) is 46.2 Å². The molecule has 0 aliphatic heterocycles. The van der Waals surface area contributed by atoms with Gasteiger partial charge in [0.2, 0.25) is 0 Å². The standard InChI is InChI=1S/2C13H21ClOSi.2ClH.Ti/c2*1-10-8-12(9-11(2)13(10)15)6-5-7-16(3,4)14;;;/h2*8-9,15H,5-7H2,1-4H3;2*1H;/q;;;;+2/p-2. The van der Waals surface area contributed by atoms with Crippen LogP contribution in [0.25, 0.3) is 0 Å². The van der Waals surface area contributed by atoms with Crippen LogP contribution in [-0.4, -0.2) is 25.0 Å². The summed E-state index contributed by atoms with van der Waals surface area (Å²) in [5, 5.41) is 19.3. The van der Waals surface area contributed by atoms with Crippen LogP contribution in [0.15, 0.2) is 24.3 Å². The Balaban J connectivity index is 0.000000594. The average molecular weight is 632 g/mol. The predicted molar refractivity (Wildman–Crippen MR) is 160 cm³/mol. The summed E-state index contributed by atoms with van der Waals surface area (Å²) in [5.74, 6) is 0.853. The first-order valence-corrected chi connectivity index (χ1v) is 24.7. The number of aryl methyl sites for hydroxylation is 6. The second-order valence-corrected chi connectivity index (χ2v) is 27.0. The van der Waals surface area contributed by atoms with E-state index >= 15 is 0 Å². The normalized spacial score (nSPS) is 11.2. The molecule has 0 bridgehead atoms. The van der Waals surface area contributed by atoms with E-state index in [-0.39, 0.29) is 0 Å². The Kier molecular flexibility index (Phi) is 17.2. The summed E-state index contributed by atoms with van der Waals surface area (Å²) in [6.07, 6.45) is 4.41. The van der Waals surface area contributed by atoms with Crippen molar-refractivity contribution in [3.63, 3.8) is 0 Å². The van der Waals surface area contributed by atoms with E-state index in [9.17, 15) is 10.2 Å². The van der Waals surface area contributed by atoms with Crippen LogP contribution >= 0.6 is 40.8 Å². The third kappa shape index (κ3) is 16.7. The number of phenols is 2. The molecule has 2 N–H and O–H groups in total. The Morgan fingerprint density at radius 3 is 1.06 bits per heavy atom. The van der Waals surface area contributed by atoms with Crippen LogP contribution in [0, 0.1) is 27.7 Å². The molecule has 0 unspecified atom stereocenters. The second-order valence-electron chi connectivity index (χ2n) is 10.4. The van der Waals surface area contributed by atoms with Crippen LogP contribution in [0.4, 0.5) is 0 Å².